The number of nitrogens with zero attached hydrogens (tertiary/aromatic N) is 1. The van der Waals surface area contributed by atoms with Gasteiger partial charge in [0.2, 0.25) is 5.91 Å². The molecule has 5 heteroatoms. The molecule has 2 unspecified atom stereocenters. The third kappa shape index (κ3) is 4.32. The molecule has 1 aliphatic rings. The summed E-state index contributed by atoms with van der Waals surface area (Å²) in [4.78, 5) is 14.6. The Kier molecular flexibility index (Phi) is 6.26. The smallest absolute Gasteiger partial charge is 0.224 e. The van der Waals surface area contributed by atoms with Crippen molar-refractivity contribution in [3.05, 3.63) is 24.2 Å². The normalized spacial score (nSPS) is 18.6. The van der Waals surface area contributed by atoms with Crippen LogP contribution in [0, 0.1) is 5.92 Å². The van der Waals surface area contributed by atoms with Crippen molar-refractivity contribution >= 4 is 5.91 Å². The van der Waals surface area contributed by atoms with Crippen molar-refractivity contribution < 1.29 is 9.21 Å². The first kappa shape index (κ1) is 16.0. The lowest BCUT2D eigenvalue weighted by Gasteiger charge is -2.26. The van der Waals surface area contributed by atoms with Crippen LogP contribution in [0.3, 0.4) is 0 Å². The summed E-state index contributed by atoms with van der Waals surface area (Å²) in [5.41, 5.74) is 5.69. The monoisotopic (exact) mass is 293 g/mol. The van der Waals surface area contributed by atoms with Gasteiger partial charge in [-0.15, -0.1) is 0 Å². The van der Waals surface area contributed by atoms with Crippen molar-refractivity contribution in [1.29, 1.82) is 0 Å². The van der Waals surface area contributed by atoms with Gasteiger partial charge in [-0.3, -0.25) is 9.69 Å². The molecule has 3 N–H and O–H groups in total. The molecule has 0 aliphatic carbocycles. The number of furan rings is 1. The molecule has 0 aromatic carbocycles. The zero-order valence-electron chi connectivity index (χ0n) is 12.9. The molecule has 1 aromatic rings. The quantitative estimate of drug-likeness (QED) is 0.768. The lowest BCUT2D eigenvalue weighted by atomic mass is 10.0. The Bertz CT molecular complexity index is 413. The van der Waals surface area contributed by atoms with Crippen molar-refractivity contribution in [2.75, 3.05) is 26.2 Å². The molecule has 0 spiro atoms. The largest absolute Gasteiger partial charge is 0.468 e. The molecule has 0 saturated carbocycles. The highest BCUT2D eigenvalue weighted by Gasteiger charge is 2.26. The van der Waals surface area contributed by atoms with E-state index in [0.29, 0.717) is 13.1 Å². The van der Waals surface area contributed by atoms with E-state index in [1.54, 1.807) is 6.26 Å². The van der Waals surface area contributed by atoms with E-state index >= 15 is 0 Å². The molecule has 2 atom stereocenters. The SMILES string of the molecule is CCCC(CN)C(=O)NCC(c1ccco1)N1CCCC1. The average Bonchev–Trinajstić information content (AvgIpc) is 3.18. The van der Waals surface area contributed by atoms with E-state index in [1.807, 2.05) is 12.1 Å². The minimum absolute atomic E-state index is 0.0649. The minimum atomic E-state index is -0.0779. The fourth-order valence-corrected chi connectivity index (χ4v) is 2.99. The van der Waals surface area contributed by atoms with Gasteiger partial charge >= 0.3 is 0 Å². The molecule has 2 rings (SSSR count). The van der Waals surface area contributed by atoms with Crippen LogP contribution < -0.4 is 11.1 Å². The van der Waals surface area contributed by atoms with Crippen LogP contribution in [0.2, 0.25) is 0 Å². The van der Waals surface area contributed by atoms with Crippen LogP contribution in [0.4, 0.5) is 0 Å². The summed E-state index contributed by atoms with van der Waals surface area (Å²) in [6.45, 7) is 5.21. The van der Waals surface area contributed by atoms with Crippen LogP contribution in [0.25, 0.3) is 0 Å². The number of rotatable bonds is 8. The van der Waals surface area contributed by atoms with E-state index in [2.05, 4.69) is 17.1 Å². The fraction of sp³-hybridized carbons (Fsp3) is 0.688. The Labute approximate surface area is 126 Å². The Morgan fingerprint density at radius 3 is 2.81 bits per heavy atom. The highest BCUT2D eigenvalue weighted by Crippen LogP contribution is 2.25. The number of nitrogens with two attached hydrogens (primary N) is 1. The fourth-order valence-electron chi connectivity index (χ4n) is 2.99. The van der Waals surface area contributed by atoms with E-state index in [-0.39, 0.29) is 17.9 Å². The second kappa shape index (κ2) is 8.20. The Morgan fingerprint density at radius 1 is 1.48 bits per heavy atom. The summed E-state index contributed by atoms with van der Waals surface area (Å²) in [5, 5.41) is 3.06. The molecule has 0 bridgehead atoms. The van der Waals surface area contributed by atoms with Crippen LogP contribution in [-0.2, 0) is 4.79 Å². The van der Waals surface area contributed by atoms with E-state index in [9.17, 15) is 4.79 Å². The van der Waals surface area contributed by atoms with E-state index in [4.69, 9.17) is 10.2 Å². The lowest BCUT2D eigenvalue weighted by Crippen LogP contribution is -2.40. The summed E-state index contributed by atoms with van der Waals surface area (Å²) in [6.07, 6.45) is 5.94. The zero-order chi connectivity index (χ0) is 15.1. The van der Waals surface area contributed by atoms with Crippen LogP contribution >= 0.6 is 0 Å². The van der Waals surface area contributed by atoms with E-state index < -0.39 is 0 Å². The number of hydrogen-bond acceptors (Lipinski definition) is 4. The van der Waals surface area contributed by atoms with Gasteiger partial charge < -0.3 is 15.5 Å². The number of hydrogen-bond donors (Lipinski definition) is 2. The summed E-state index contributed by atoms with van der Waals surface area (Å²) in [6, 6.07) is 4.02. The van der Waals surface area contributed by atoms with Gasteiger partial charge in [0.1, 0.15) is 5.76 Å². The standard InChI is InChI=1S/C16H27N3O2/c1-2-6-13(11-17)16(20)18-12-14(15-7-5-10-21-15)19-8-3-4-9-19/h5,7,10,13-14H,2-4,6,8-9,11-12,17H2,1H3,(H,18,20). The third-order valence-corrected chi connectivity index (χ3v) is 4.22. The number of likely N-dealkylation sites (tertiary alicyclic amines) is 1. The molecule has 1 saturated heterocycles. The maximum absolute atomic E-state index is 12.2. The summed E-state index contributed by atoms with van der Waals surface area (Å²) < 4.78 is 5.56. The first-order chi connectivity index (χ1) is 10.3. The Hall–Kier alpha value is -1.33. The molecule has 1 fully saturated rings. The maximum atomic E-state index is 12.2. The number of carbonyl (C=O) groups is 1. The Morgan fingerprint density at radius 2 is 2.24 bits per heavy atom. The minimum Gasteiger partial charge on any atom is -0.468 e. The van der Waals surface area contributed by atoms with Crippen molar-refractivity contribution in [3.8, 4) is 0 Å². The predicted octanol–water partition coefficient (Wildman–Crippen LogP) is 1.91. The van der Waals surface area contributed by atoms with Crippen LogP contribution in [0.1, 0.15) is 44.4 Å². The highest BCUT2D eigenvalue weighted by atomic mass is 16.3. The molecular formula is C16H27N3O2. The van der Waals surface area contributed by atoms with Gasteiger partial charge in [0.05, 0.1) is 18.2 Å². The van der Waals surface area contributed by atoms with Gasteiger partial charge in [0, 0.05) is 13.1 Å². The molecule has 1 aliphatic heterocycles. The zero-order valence-corrected chi connectivity index (χ0v) is 12.9. The van der Waals surface area contributed by atoms with Gasteiger partial charge in [-0.25, -0.2) is 0 Å². The Balaban J connectivity index is 1.94. The van der Waals surface area contributed by atoms with Crippen molar-refractivity contribution in [2.24, 2.45) is 11.7 Å². The molecule has 21 heavy (non-hydrogen) atoms. The second-order valence-electron chi connectivity index (χ2n) is 5.74. The molecule has 0 radical (unpaired) electrons. The van der Waals surface area contributed by atoms with Crippen molar-refractivity contribution in [2.45, 2.75) is 38.6 Å². The van der Waals surface area contributed by atoms with Gasteiger partial charge in [-0.2, -0.15) is 0 Å². The van der Waals surface area contributed by atoms with Gasteiger partial charge in [-0.05, 0) is 44.5 Å². The summed E-state index contributed by atoms with van der Waals surface area (Å²) in [7, 11) is 0. The highest BCUT2D eigenvalue weighted by molar-refractivity contribution is 5.78. The van der Waals surface area contributed by atoms with Crippen molar-refractivity contribution in [3.63, 3.8) is 0 Å². The molecule has 2 heterocycles. The van der Waals surface area contributed by atoms with E-state index in [0.717, 1.165) is 31.7 Å². The molecule has 1 aromatic heterocycles. The third-order valence-electron chi connectivity index (χ3n) is 4.22. The first-order valence-electron chi connectivity index (χ1n) is 8.01. The number of carbonyl (C=O) groups excluding carboxylic acids is 1. The van der Waals surface area contributed by atoms with Crippen molar-refractivity contribution in [1.82, 2.24) is 10.2 Å². The number of nitrogens with one attached hydrogen (secondary N) is 1. The van der Waals surface area contributed by atoms with Crippen LogP contribution in [0.5, 0.6) is 0 Å². The number of amides is 1. The van der Waals surface area contributed by atoms with Gasteiger partial charge in [0.15, 0.2) is 0 Å². The maximum Gasteiger partial charge on any atom is 0.224 e. The van der Waals surface area contributed by atoms with Gasteiger partial charge in [0.25, 0.3) is 0 Å². The molecule has 1 amide bonds. The summed E-state index contributed by atoms with van der Waals surface area (Å²) in [5.74, 6) is 0.915. The average molecular weight is 293 g/mol. The summed E-state index contributed by atoms with van der Waals surface area (Å²) >= 11 is 0. The second-order valence-corrected chi connectivity index (χ2v) is 5.74. The molecule has 118 valence electrons. The molecule has 5 nitrogen and oxygen atoms in total. The van der Waals surface area contributed by atoms with Crippen LogP contribution in [0.15, 0.2) is 22.8 Å². The van der Waals surface area contributed by atoms with Gasteiger partial charge in [-0.1, -0.05) is 13.3 Å². The first-order valence-corrected chi connectivity index (χ1v) is 8.01. The van der Waals surface area contributed by atoms with E-state index in [1.165, 1.54) is 12.8 Å². The predicted molar refractivity (Wildman–Crippen MR) is 82.7 cm³/mol. The van der Waals surface area contributed by atoms with Crippen LogP contribution in [-0.4, -0.2) is 37.0 Å². The topological polar surface area (TPSA) is 71.5 Å². The molecular weight excluding hydrogens is 266 g/mol. The lowest BCUT2D eigenvalue weighted by molar-refractivity contribution is -0.125.